The van der Waals surface area contributed by atoms with Crippen molar-refractivity contribution in [3.8, 4) is 0 Å². The third-order valence-corrected chi connectivity index (χ3v) is 2.52. The molecule has 0 aliphatic rings. The van der Waals surface area contributed by atoms with Crippen LogP contribution in [-0.2, 0) is 0 Å². The van der Waals surface area contributed by atoms with Gasteiger partial charge in [0.1, 0.15) is 0 Å². The molecule has 3 nitrogen and oxygen atoms in total. The second-order valence-electron chi connectivity index (χ2n) is 4.91. The Kier molecular flexibility index (Phi) is 4.76. The van der Waals surface area contributed by atoms with Crippen molar-refractivity contribution in [3.05, 3.63) is 29.6 Å². The Hall–Kier alpha value is -1.52. The molecule has 1 amide bonds. The lowest BCUT2D eigenvalue weighted by molar-refractivity contribution is 0.0675. The van der Waals surface area contributed by atoms with Gasteiger partial charge in [-0.15, -0.1) is 0 Å². The summed E-state index contributed by atoms with van der Waals surface area (Å²) in [6.45, 7) is 8.11. The SMILES string of the molecule is CC(C)CN(C(=O)c1ccnc(F)c1F)C(C)C. The molecule has 0 aliphatic heterocycles. The van der Waals surface area contributed by atoms with Crippen LogP contribution in [0.15, 0.2) is 12.3 Å². The summed E-state index contributed by atoms with van der Waals surface area (Å²) in [6.07, 6.45) is 1.10. The fraction of sp³-hybridized carbons (Fsp3) is 0.538. The van der Waals surface area contributed by atoms with E-state index in [1.54, 1.807) is 0 Å². The number of nitrogens with zero attached hydrogens (tertiary/aromatic N) is 2. The lowest BCUT2D eigenvalue weighted by atomic mass is 10.1. The minimum Gasteiger partial charge on any atom is -0.336 e. The van der Waals surface area contributed by atoms with Crippen LogP contribution in [0.1, 0.15) is 38.1 Å². The van der Waals surface area contributed by atoms with Gasteiger partial charge in [0.15, 0.2) is 5.82 Å². The molecule has 100 valence electrons. The Balaban J connectivity index is 3.06. The van der Waals surface area contributed by atoms with Crippen LogP contribution >= 0.6 is 0 Å². The van der Waals surface area contributed by atoms with Crippen LogP contribution in [0.5, 0.6) is 0 Å². The molecular formula is C13H18F2N2O. The van der Waals surface area contributed by atoms with E-state index in [9.17, 15) is 13.6 Å². The van der Waals surface area contributed by atoms with Gasteiger partial charge in [-0.3, -0.25) is 4.79 Å². The van der Waals surface area contributed by atoms with Crippen LogP contribution in [0, 0.1) is 17.7 Å². The monoisotopic (exact) mass is 256 g/mol. The summed E-state index contributed by atoms with van der Waals surface area (Å²) in [5, 5.41) is 0. The largest absolute Gasteiger partial charge is 0.336 e. The molecule has 0 spiro atoms. The normalized spacial score (nSPS) is 11.1. The highest BCUT2D eigenvalue weighted by Crippen LogP contribution is 2.15. The number of carbonyl (C=O) groups excluding carboxylic acids is 1. The Morgan fingerprint density at radius 1 is 1.33 bits per heavy atom. The number of halogens is 2. The van der Waals surface area contributed by atoms with Crippen LogP contribution in [0.3, 0.4) is 0 Å². The predicted octanol–water partition coefficient (Wildman–Crippen LogP) is 2.87. The van der Waals surface area contributed by atoms with Gasteiger partial charge in [-0.05, 0) is 25.8 Å². The topological polar surface area (TPSA) is 33.2 Å². The molecule has 0 aromatic carbocycles. The van der Waals surface area contributed by atoms with Crippen LogP contribution < -0.4 is 0 Å². The first kappa shape index (κ1) is 14.5. The molecule has 0 unspecified atom stereocenters. The van der Waals surface area contributed by atoms with E-state index in [0.29, 0.717) is 6.54 Å². The molecule has 1 aromatic rings. The van der Waals surface area contributed by atoms with Gasteiger partial charge in [0, 0.05) is 18.8 Å². The van der Waals surface area contributed by atoms with Gasteiger partial charge in [-0.1, -0.05) is 13.8 Å². The van der Waals surface area contributed by atoms with Crippen molar-refractivity contribution in [1.82, 2.24) is 9.88 Å². The summed E-state index contributed by atoms with van der Waals surface area (Å²) in [4.78, 5) is 16.9. The van der Waals surface area contributed by atoms with E-state index in [4.69, 9.17) is 0 Å². The van der Waals surface area contributed by atoms with Crippen molar-refractivity contribution in [2.45, 2.75) is 33.7 Å². The Morgan fingerprint density at radius 3 is 2.44 bits per heavy atom. The zero-order valence-corrected chi connectivity index (χ0v) is 11.1. The highest BCUT2D eigenvalue weighted by atomic mass is 19.2. The molecule has 1 heterocycles. The second kappa shape index (κ2) is 5.89. The molecule has 0 saturated heterocycles. The van der Waals surface area contributed by atoms with Crippen molar-refractivity contribution >= 4 is 5.91 Å². The molecule has 1 rings (SSSR count). The summed E-state index contributed by atoms with van der Waals surface area (Å²) >= 11 is 0. The zero-order chi connectivity index (χ0) is 13.9. The maximum Gasteiger partial charge on any atom is 0.257 e. The molecule has 0 bridgehead atoms. The van der Waals surface area contributed by atoms with Gasteiger partial charge in [0.05, 0.1) is 5.56 Å². The molecule has 0 saturated carbocycles. The minimum absolute atomic E-state index is 0.0736. The predicted molar refractivity (Wildman–Crippen MR) is 65.2 cm³/mol. The summed E-state index contributed by atoms with van der Waals surface area (Å²) in [6, 6.07) is 1.13. The highest BCUT2D eigenvalue weighted by Gasteiger charge is 2.24. The molecule has 0 N–H and O–H groups in total. The van der Waals surface area contributed by atoms with E-state index < -0.39 is 17.7 Å². The maximum absolute atomic E-state index is 13.5. The van der Waals surface area contributed by atoms with Crippen LogP contribution in [0.25, 0.3) is 0 Å². The number of amides is 1. The lowest BCUT2D eigenvalue weighted by Gasteiger charge is -2.28. The third kappa shape index (κ3) is 3.24. The molecule has 0 radical (unpaired) electrons. The van der Waals surface area contributed by atoms with E-state index in [-0.39, 0.29) is 17.5 Å². The molecular weight excluding hydrogens is 238 g/mol. The molecule has 5 heteroatoms. The molecule has 0 atom stereocenters. The average molecular weight is 256 g/mol. The first-order valence-corrected chi connectivity index (χ1v) is 5.95. The van der Waals surface area contributed by atoms with Crippen LogP contribution in [0.2, 0.25) is 0 Å². The number of hydrogen-bond acceptors (Lipinski definition) is 2. The van der Waals surface area contributed by atoms with E-state index in [1.807, 2.05) is 27.7 Å². The van der Waals surface area contributed by atoms with Gasteiger partial charge in [-0.25, -0.2) is 9.37 Å². The van der Waals surface area contributed by atoms with E-state index in [1.165, 1.54) is 11.0 Å². The van der Waals surface area contributed by atoms with E-state index >= 15 is 0 Å². The Labute approximate surface area is 106 Å². The zero-order valence-electron chi connectivity index (χ0n) is 11.1. The molecule has 0 fully saturated rings. The lowest BCUT2D eigenvalue weighted by Crippen LogP contribution is -2.40. The molecule has 1 aromatic heterocycles. The van der Waals surface area contributed by atoms with Gasteiger partial charge < -0.3 is 4.90 Å². The Morgan fingerprint density at radius 2 is 1.94 bits per heavy atom. The van der Waals surface area contributed by atoms with Crippen molar-refractivity contribution in [3.63, 3.8) is 0 Å². The van der Waals surface area contributed by atoms with Gasteiger partial charge in [-0.2, -0.15) is 4.39 Å². The van der Waals surface area contributed by atoms with Gasteiger partial charge in [0.25, 0.3) is 5.91 Å². The Bertz CT molecular complexity index is 433. The fourth-order valence-electron chi connectivity index (χ4n) is 1.66. The van der Waals surface area contributed by atoms with Crippen LogP contribution in [0.4, 0.5) is 8.78 Å². The van der Waals surface area contributed by atoms with E-state index in [2.05, 4.69) is 4.98 Å². The van der Waals surface area contributed by atoms with E-state index in [0.717, 1.165) is 6.20 Å². The summed E-state index contributed by atoms with van der Waals surface area (Å²) < 4.78 is 26.5. The van der Waals surface area contributed by atoms with Crippen molar-refractivity contribution < 1.29 is 13.6 Å². The quantitative estimate of drug-likeness (QED) is 0.776. The minimum atomic E-state index is -1.24. The first-order chi connectivity index (χ1) is 8.34. The number of hydrogen-bond donors (Lipinski definition) is 0. The van der Waals surface area contributed by atoms with Crippen molar-refractivity contribution in [2.24, 2.45) is 5.92 Å². The molecule has 18 heavy (non-hydrogen) atoms. The van der Waals surface area contributed by atoms with Crippen LogP contribution in [-0.4, -0.2) is 28.4 Å². The average Bonchev–Trinajstić information content (AvgIpc) is 2.28. The summed E-state index contributed by atoms with van der Waals surface area (Å²) in [5.74, 6) is -2.67. The standard InChI is InChI=1S/C13H18F2N2O/c1-8(2)7-17(9(3)4)13(18)10-5-6-16-12(15)11(10)14/h5-6,8-9H,7H2,1-4H3. The smallest absolute Gasteiger partial charge is 0.257 e. The van der Waals surface area contributed by atoms with Crippen molar-refractivity contribution in [2.75, 3.05) is 6.54 Å². The summed E-state index contributed by atoms with van der Waals surface area (Å²) in [7, 11) is 0. The van der Waals surface area contributed by atoms with Gasteiger partial charge >= 0.3 is 0 Å². The number of rotatable bonds is 4. The number of aromatic nitrogens is 1. The maximum atomic E-state index is 13.5. The third-order valence-electron chi connectivity index (χ3n) is 2.52. The molecule has 0 aliphatic carbocycles. The van der Waals surface area contributed by atoms with Gasteiger partial charge in [0.2, 0.25) is 5.95 Å². The first-order valence-electron chi connectivity index (χ1n) is 5.95. The fourth-order valence-corrected chi connectivity index (χ4v) is 1.66. The second-order valence-corrected chi connectivity index (χ2v) is 4.91. The number of pyridine rings is 1. The number of carbonyl (C=O) groups is 1. The summed E-state index contributed by atoms with van der Waals surface area (Å²) in [5.41, 5.74) is -0.267. The highest BCUT2D eigenvalue weighted by molar-refractivity contribution is 5.94. The van der Waals surface area contributed by atoms with Crippen molar-refractivity contribution in [1.29, 1.82) is 0 Å².